The lowest BCUT2D eigenvalue weighted by molar-refractivity contribution is 0.668. The summed E-state index contributed by atoms with van der Waals surface area (Å²) in [7, 11) is 0. The van der Waals surface area contributed by atoms with Gasteiger partial charge >= 0.3 is 0 Å². The van der Waals surface area contributed by atoms with Crippen molar-refractivity contribution in [2.75, 3.05) is 9.80 Å². The van der Waals surface area contributed by atoms with Gasteiger partial charge in [0.05, 0.1) is 11.4 Å². The van der Waals surface area contributed by atoms with Gasteiger partial charge in [0.2, 0.25) is 0 Å². The average molecular weight is 1050 g/mol. The van der Waals surface area contributed by atoms with Gasteiger partial charge < -0.3 is 18.6 Å². The number of para-hydroxylation sites is 4. The summed E-state index contributed by atoms with van der Waals surface area (Å²) in [6.45, 7) is 0. The fourth-order valence-corrected chi connectivity index (χ4v) is 13.3. The third kappa shape index (κ3) is 7.18. The molecular weight excluding hydrogens is 997 g/mol. The van der Waals surface area contributed by atoms with Crippen LogP contribution in [0.5, 0.6) is 0 Å². The molecule has 0 radical (unpaired) electrons. The quantitative estimate of drug-likeness (QED) is 0.142. The van der Waals surface area contributed by atoms with Crippen LogP contribution in [0.3, 0.4) is 0 Å². The Hall–Kier alpha value is -10.9. The summed E-state index contributed by atoms with van der Waals surface area (Å²) in [6.07, 6.45) is 0. The normalized spacial score (nSPS) is 11.9. The first-order chi connectivity index (χ1) is 40.7. The third-order valence-electron chi connectivity index (χ3n) is 16.9. The van der Waals surface area contributed by atoms with Crippen LogP contribution in [0, 0.1) is 0 Å². The molecule has 0 saturated heterocycles. The van der Waals surface area contributed by atoms with Crippen LogP contribution in [0.15, 0.2) is 300 Å². The third-order valence-corrected chi connectivity index (χ3v) is 16.9. The molecule has 0 atom stereocenters. The highest BCUT2D eigenvalue weighted by atomic mass is 16.3. The zero-order valence-corrected chi connectivity index (χ0v) is 44.4. The maximum atomic E-state index is 6.90. The molecule has 4 nitrogen and oxygen atoms in total. The number of rotatable bonds is 8. The van der Waals surface area contributed by atoms with E-state index in [0.29, 0.717) is 0 Å². The van der Waals surface area contributed by atoms with Crippen molar-refractivity contribution in [2.24, 2.45) is 0 Å². The average Bonchev–Trinajstić information content (AvgIpc) is 2.94. The maximum Gasteiger partial charge on any atom is 0.159 e. The van der Waals surface area contributed by atoms with Gasteiger partial charge in [0, 0.05) is 44.3 Å². The van der Waals surface area contributed by atoms with Crippen molar-refractivity contribution in [3.63, 3.8) is 0 Å². The van der Waals surface area contributed by atoms with E-state index in [-0.39, 0.29) is 0 Å². The van der Waals surface area contributed by atoms with E-state index in [1.54, 1.807) is 0 Å². The Morgan fingerprint density at radius 3 is 1.01 bits per heavy atom. The number of anilines is 6. The minimum absolute atomic E-state index is 0.836. The Kier molecular flexibility index (Phi) is 10.3. The molecule has 0 aliphatic rings. The smallest absolute Gasteiger partial charge is 0.159 e. The fourth-order valence-electron chi connectivity index (χ4n) is 13.3. The molecule has 0 N–H and O–H groups in total. The van der Waals surface area contributed by atoms with Crippen molar-refractivity contribution < 1.29 is 8.83 Å². The Bertz CT molecular complexity index is 5100. The number of nitrogens with zero attached hydrogens (tertiary/aromatic N) is 2. The van der Waals surface area contributed by atoms with Gasteiger partial charge in [-0.3, -0.25) is 0 Å². The summed E-state index contributed by atoms with van der Waals surface area (Å²) in [5.41, 5.74) is 14.1. The molecule has 382 valence electrons. The molecule has 17 aromatic rings. The molecule has 17 rings (SSSR count). The number of furan rings is 2. The molecule has 0 aliphatic heterocycles. The van der Waals surface area contributed by atoms with Gasteiger partial charge in [0.1, 0.15) is 11.2 Å². The number of benzene rings is 15. The summed E-state index contributed by atoms with van der Waals surface area (Å²) < 4.78 is 13.8. The van der Waals surface area contributed by atoms with Crippen molar-refractivity contribution >= 4 is 143 Å². The van der Waals surface area contributed by atoms with Gasteiger partial charge in [-0.25, -0.2) is 0 Å². The van der Waals surface area contributed by atoms with E-state index in [9.17, 15) is 0 Å². The SMILES string of the molecule is c1ccc2cc(N(c3ccc4c(-c5cccc6ccccc56)c5cc(N(c6ccc7ccccc7c6)c6cccc7c6oc6ccccc67)ccc5c(-c5cccc6ccccc56)c4c3)c3cccc4c3oc3ccccc34)ccc2c1. The lowest BCUT2D eigenvalue weighted by Gasteiger charge is -2.28. The highest BCUT2D eigenvalue weighted by Crippen LogP contribution is 2.52. The predicted molar refractivity (Wildman–Crippen MR) is 346 cm³/mol. The van der Waals surface area contributed by atoms with Crippen LogP contribution in [-0.4, -0.2) is 0 Å². The highest BCUT2D eigenvalue weighted by Gasteiger charge is 2.27. The zero-order valence-electron chi connectivity index (χ0n) is 44.4. The molecule has 0 aliphatic carbocycles. The lowest BCUT2D eigenvalue weighted by Crippen LogP contribution is -2.11. The zero-order chi connectivity index (χ0) is 53.8. The van der Waals surface area contributed by atoms with Crippen LogP contribution in [-0.2, 0) is 0 Å². The van der Waals surface area contributed by atoms with E-state index >= 15 is 0 Å². The first-order valence-corrected chi connectivity index (χ1v) is 28.1. The Morgan fingerprint density at radius 1 is 0.207 bits per heavy atom. The number of hydrogen-bond acceptors (Lipinski definition) is 4. The summed E-state index contributed by atoms with van der Waals surface area (Å²) in [5.74, 6) is 0. The Morgan fingerprint density at radius 2 is 0.549 bits per heavy atom. The van der Waals surface area contributed by atoms with Crippen LogP contribution in [0.2, 0.25) is 0 Å². The second-order valence-corrected chi connectivity index (χ2v) is 21.5. The monoisotopic (exact) mass is 1040 g/mol. The van der Waals surface area contributed by atoms with E-state index in [4.69, 9.17) is 8.83 Å². The van der Waals surface area contributed by atoms with Gasteiger partial charge in [-0.2, -0.15) is 0 Å². The summed E-state index contributed by atoms with van der Waals surface area (Å²) in [6, 6.07) is 106. The van der Waals surface area contributed by atoms with Crippen LogP contribution < -0.4 is 9.80 Å². The Balaban J connectivity index is 1.01. The molecule has 2 heterocycles. The second-order valence-electron chi connectivity index (χ2n) is 21.5. The molecule has 0 amide bonds. The van der Waals surface area contributed by atoms with Gasteiger partial charge in [-0.05, 0) is 160 Å². The first-order valence-electron chi connectivity index (χ1n) is 28.1. The number of fused-ring (bicyclic) bond motifs is 12. The van der Waals surface area contributed by atoms with E-state index in [1.807, 2.05) is 12.1 Å². The van der Waals surface area contributed by atoms with Crippen LogP contribution in [0.1, 0.15) is 0 Å². The molecular formula is C78H48N2O2. The minimum Gasteiger partial charge on any atom is -0.454 e. The van der Waals surface area contributed by atoms with E-state index in [2.05, 4.69) is 289 Å². The fraction of sp³-hybridized carbons (Fsp3) is 0. The van der Waals surface area contributed by atoms with E-state index < -0.39 is 0 Å². The highest BCUT2D eigenvalue weighted by molar-refractivity contribution is 6.27. The molecule has 0 saturated carbocycles. The van der Waals surface area contributed by atoms with Crippen molar-refractivity contribution in [3.05, 3.63) is 291 Å². The maximum absolute atomic E-state index is 6.90. The molecule has 0 unspecified atom stereocenters. The summed E-state index contributed by atoms with van der Waals surface area (Å²) in [5, 5.41) is 18.3. The van der Waals surface area contributed by atoms with Gasteiger partial charge in [0.15, 0.2) is 11.2 Å². The molecule has 0 fully saturated rings. The molecule has 0 bridgehead atoms. The largest absolute Gasteiger partial charge is 0.454 e. The summed E-state index contributed by atoms with van der Waals surface area (Å²) >= 11 is 0. The van der Waals surface area contributed by atoms with Crippen molar-refractivity contribution in [1.29, 1.82) is 0 Å². The van der Waals surface area contributed by atoms with Crippen LogP contribution in [0.4, 0.5) is 34.1 Å². The molecule has 0 spiro atoms. The van der Waals surface area contributed by atoms with Gasteiger partial charge in [-0.1, -0.05) is 218 Å². The van der Waals surface area contributed by atoms with E-state index in [1.165, 1.54) is 32.3 Å². The van der Waals surface area contributed by atoms with Gasteiger partial charge in [0.25, 0.3) is 0 Å². The van der Waals surface area contributed by atoms with E-state index in [0.717, 1.165) is 133 Å². The van der Waals surface area contributed by atoms with Crippen molar-refractivity contribution in [3.8, 4) is 22.3 Å². The van der Waals surface area contributed by atoms with Crippen LogP contribution >= 0.6 is 0 Å². The lowest BCUT2D eigenvalue weighted by atomic mass is 9.83. The van der Waals surface area contributed by atoms with Gasteiger partial charge in [-0.15, -0.1) is 0 Å². The predicted octanol–water partition coefficient (Wildman–Crippen LogP) is 22.7. The first kappa shape index (κ1) is 46.0. The molecule has 82 heavy (non-hydrogen) atoms. The minimum atomic E-state index is 0.836. The standard InChI is InChI=1S/C78H48N2O2/c1-3-21-53-45-55(39-37-49(53)17-1)79(71-33-15-31-67-61-27-9-11-35-73(61)81-77(67)71)57-41-43-65-69(47-57)75(63-29-13-23-51-19-5-7-25-59(51)63)66-44-42-58(48-70(66)76(65)64-30-14-24-52-20-6-8-26-60(52)64)80(56-40-38-50-18-2-4-22-54(50)46-56)72-34-16-32-68-62-28-10-12-36-74(62)82-78(68)72/h1-48H. The second kappa shape index (κ2) is 18.3. The Labute approximate surface area is 472 Å². The van der Waals surface area contributed by atoms with Crippen LogP contribution in [0.25, 0.3) is 131 Å². The summed E-state index contributed by atoms with van der Waals surface area (Å²) in [4.78, 5) is 4.79. The molecule has 4 heteroatoms. The molecule has 2 aromatic heterocycles. The topological polar surface area (TPSA) is 32.8 Å². The van der Waals surface area contributed by atoms with Crippen molar-refractivity contribution in [2.45, 2.75) is 0 Å². The van der Waals surface area contributed by atoms with Crippen molar-refractivity contribution in [1.82, 2.24) is 0 Å². The molecule has 15 aromatic carbocycles. The number of hydrogen-bond donors (Lipinski definition) is 0.